The van der Waals surface area contributed by atoms with Crippen molar-refractivity contribution in [3.8, 4) is 11.5 Å². The number of methoxy groups -OCH3 is 1. The molecule has 0 saturated carbocycles. The van der Waals surface area contributed by atoms with E-state index in [1.54, 1.807) is 13.2 Å². The SMILES string of the molecule is COc1ccc(Br)c(CNCc2ccc(C)cc2)c1OCc1ccc(Cl)c(Cl)c1. The average Bonchev–Trinajstić information content (AvgIpc) is 2.72. The van der Waals surface area contributed by atoms with Gasteiger partial charge in [0.25, 0.3) is 0 Å². The lowest BCUT2D eigenvalue weighted by Gasteiger charge is -2.17. The van der Waals surface area contributed by atoms with Gasteiger partial charge in [0.15, 0.2) is 11.5 Å². The van der Waals surface area contributed by atoms with Crippen molar-refractivity contribution >= 4 is 39.1 Å². The quantitative estimate of drug-likeness (QED) is 0.367. The van der Waals surface area contributed by atoms with E-state index in [4.69, 9.17) is 32.7 Å². The summed E-state index contributed by atoms with van der Waals surface area (Å²) in [6, 6.07) is 17.8. The smallest absolute Gasteiger partial charge is 0.167 e. The Morgan fingerprint density at radius 1 is 0.897 bits per heavy atom. The molecule has 3 aromatic rings. The Morgan fingerprint density at radius 3 is 2.31 bits per heavy atom. The van der Waals surface area contributed by atoms with Gasteiger partial charge in [-0.3, -0.25) is 0 Å². The molecule has 0 aliphatic carbocycles. The highest BCUT2D eigenvalue weighted by Gasteiger charge is 2.15. The van der Waals surface area contributed by atoms with Gasteiger partial charge in [-0.1, -0.05) is 75.0 Å². The number of benzene rings is 3. The lowest BCUT2D eigenvalue weighted by atomic mass is 10.1. The Balaban J connectivity index is 1.75. The van der Waals surface area contributed by atoms with Crippen LogP contribution in [0, 0.1) is 6.92 Å². The zero-order valence-electron chi connectivity index (χ0n) is 16.3. The monoisotopic (exact) mass is 493 g/mol. The predicted molar refractivity (Wildman–Crippen MR) is 123 cm³/mol. The third-order valence-corrected chi connectivity index (χ3v) is 5.99. The second-order valence-electron chi connectivity index (χ2n) is 6.68. The van der Waals surface area contributed by atoms with Gasteiger partial charge in [0.2, 0.25) is 0 Å². The van der Waals surface area contributed by atoms with Crippen LogP contribution in [0.3, 0.4) is 0 Å². The molecule has 0 aliphatic heterocycles. The Kier molecular flexibility index (Phi) is 7.84. The lowest BCUT2D eigenvalue weighted by molar-refractivity contribution is 0.280. The number of aryl methyl sites for hydroxylation is 1. The van der Waals surface area contributed by atoms with Crippen molar-refractivity contribution in [3.63, 3.8) is 0 Å². The molecular formula is C23H22BrCl2NO2. The van der Waals surface area contributed by atoms with Crippen LogP contribution in [-0.4, -0.2) is 7.11 Å². The summed E-state index contributed by atoms with van der Waals surface area (Å²) in [6.07, 6.45) is 0. The van der Waals surface area contributed by atoms with Crippen LogP contribution in [0.25, 0.3) is 0 Å². The Hall–Kier alpha value is -1.72. The molecule has 152 valence electrons. The normalized spacial score (nSPS) is 10.8. The van der Waals surface area contributed by atoms with Crippen molar-refractivity contribution in [2.45, 2.75) is 26.6 Å². The topological polar surface area (TPSA) is 30.5 Å². The van der Waals surface area contributed by atoms with Crippen molar-refractivity contribution in [1.82, 2.24) is 5.32 Å². The maximum absolute atomic E-state index is 6.14. The van der Waals surface area contributed by atoms with Gasteiger partial charge in [-0.05, 0) is 42.3 Å². The fourth-order valence-corrected chi connectivity index (χ4v) is 3.66. The summed E-state index contributed by atoms with van der Waals surface area (Å²) >= 11 is 15.8. The fourth-order valence-electron chi connectivity index (χ4n) is 2.89. The molecule has 0 unspecified atom stereocenters. The van der Waals surface area contributed by atoms with Crippen LogP contribution in [0.5, 0.6) is 11.5 Å². The van der Waals surface area contributed by atoms with E-state index in [1.165, 1.54) is 11.1 Å². The molecule has 6 heteroatoms. The first-order chi connectivity index (χ1) is 14.0. The van der Waals surface area contributed by atoms with Crippen LogP contribution in [0.2, 0.25) is 10.0 Å². The Bertz CT molecular complexity index is 977. The third kappa shape index (κ3) is 5.89. The van der Waals surface area contributed by atoms with E-state index >= 15 is 0 Å². The molecule has 0 heterocycles. The van der Waals surface area contributed by atoms with Crippen molar-refractivity contribution in [3.05, 3.63) is 91.4 Å². The summed E-state index contributed by atoms with van der Waals surface area (Å²) in [4.78, 5) is 0. The van der Waals surface area contributed by atoms with Gasteiger partial charge in [0, 0.05) is 23.1 Å². The molecule has 0 atom stereocenters. The van der Waals surface area contributed by atoms with E-state index < -0.39 is 0 Å². The van der Waals surface area contributed by atoms with Crippen molar-refractivity contribution in [1.29, 1.82) is 0 Å². The van der Waals surface area contributed by atoms with Gasteiger partial charge in [-0.25, -0.2) is 0 Å². The van der Waals surface area contributed by atoms with E-state index in [1.807, 2.05) is 24.3 Å². The number of ether oxygens (including phenoxy) is 2. The second-order valence-corrected chi connectivity index (χ2v) is 8.35. The minimum Gasteiger partial charge on any atom is -0.493 e. The highest BCUT2D eigenvalue weighted by molar-refractivity contribution is 9.10. The molecule has 0 spiro atoms. The summed E-state index contributed by atoms with van der Waals surface area (Å²) in [7, 11) is 1.64. The first-order valence-electron chi connectivity index (χ1n) is 9.16. The van der Waals surface area contributed by atoms with Crippen LogP contribution in [-0.2, 0) is 19.7 Å². The van der Waals surface area contributed by atoms with E-state index in [9.17, 15) is 0 Å². The standard InChI is InChI=1S/C23H22BrCl2NO2/c1-15-3-5-16(6-4-15)12-27-13-18-19(24)8-10-22(28-2)23(18)29-14-17-7-9-20(25)21(26)11-17/h3-11,27H,12-14H2,1-2H3. The van der Waals surface area contributed by atoms with Gasteiger partial charge in [0.05, 0.1) is 17.2 Å². The van der Waals surface area contributed by atoms with Crippen LogP contribution >= 0.6 is 39.1 Å². The molecule has 0 fully saturated rings. The molecule has 1 N–H and O–H groups in total. The van der Waals surface area contributed by atoms with Crippen molar-refractivity contribution in [2.24, 2.45) is 0 Å². The highest BCUT2D eigenvalue weighted by Crippen LogP contribution is 2.37. The van der Waals surface area contributed by atoms with Crippen molar-refractivity contribution < 1.29 is 9.47 Å². The van der Waals surface area contributed by atoms with Crippen LogP contribution < -0.4 is 14.8 Å². The molecule has 0 aromatic heterocycles. The zero-order chi connectivity index (χ0) is 20.8. The first-order valence-corrected chi connectivity index (χ1v) is 10.7. The first kappa shape index (κ1) is 22.0. The van der Waals surface area contributed by atoms with Crippen LogP contribution in [0.4, 0.5) is 0 Å². The molecule has 3 rings (SSSR count). The van der Waals surface area contributed by atoms with Gasteiger partial charge >= 0.3 is 0 Å². The number of hydrogen-bond acceptors (Lipinski definition) is 3. The number of nitrogens with one attached hydrogen (secondary N) is 1. The van der Waals surface area contributed by atoms with Crippen LogP contribution in [0.15, 0.2) is 59.1 Å². The molecule has 29 heavy (non-hydrogen) atoms. The van der Waals surface area contributed by atoms with Crippen LogP contribution in [0.1, 0.15) is 22.3 Å². The number of hydrogen-bond donors (Lipinski definition) is 1. The number of halogens is 3. The molecule has 0 bridgehead atoms. The summed E-state index contributed by atoms with van der Waals surface area (Å²) in [5, 5.41) is 4.51. The van der Waals surface area contributed by atoms with E-state index in [2.05, 4.69) is 52.4 Å². The molecule has 3 aromatic carbocycles. The fraction of sp³-hybridized carbons (Fsp3) is 0.217. The van der Waals surface area contributed by atoms with E-state index in [0.29, 0.717) is 34.7 Å². The zero-order valence-corrected chi connectivity index (χ0v) is 19.4. The molecule has 3 nitrogen and oxygen atoms in total. The highest BCUT2D eigenvalue weighted by atomic mass is 79.9. The summed E-state index contributed by atoms with van der Waals surface area (Å²) in [6.45, 7) is 3.83. The Morgan fingerprint density at radius 2 is 1.62 bits per heavy atom. The maximum atomic E-state index is 6.14. The summed E-state index contributed by atoms with van der Waals surface area (Å²) in [5.41, 5.74) is 4.41. The maximum Gasteiger partial charge on any atom is 0.167 e. The third-order valence-electron chi connectivity index (χ3n) is 4.51. The lowest BCUT2D eigenvalue weighted by Crippen LogP contribution is -2.14. The van der Waals surface area contributed by atoms with Gasteiger partial charge in [-0.2, -0.15) is 0 Å². The van der Waals surface area contributed by atoms with Gasteiger partial charge < -0.3 is 14.8 Å². The van der Waals surface area contributed by atoms with Gasteiger partial charge in [-0.15, -0.1) is 0 Å². The molecule has 0 amide bonds. The molecular weight excluding hydrogens is 473 g/mol. The predicted octanol–water partition coefficient (Wildman–Crippen LogP) is 6.94. The molecule has 0 saturated heterocycles. The molecule has 0 aliphatic rings. The summed E-state index contributed by atoms with van der Waals surface area (Å²) < 4.78 is 12.6. The Labute approximate surface area is 190 Å². The minimum atomic E-state index is 0.356. The second kappa shape index (κ2) is 10.4. The van der Waals surface area contributed by atoms with Gasteiger partial charge in [0.1, 0.15) is 6.61 Å². The molecule has 0 radical (unpaired) electrons. The minimum absolute atomic E-state index is 0.356. The number of rotatable bonds is 8. The van der Waals surface area contributed by atoms with Crippen molar-refractivity contribution in [2.75, 3.05) is 7.11 Å². The summed E-state index contributed by atoms with van der Waals surface area (Å²) in [5.74, 6) is 1.38. The average molecular weight is 495 g/mol. The van der Waals surface area contributed by atoms with E-state index in [-0.39, 0.29) is 0 Å². The largest absolute Gasteiger partial charge is 0.493 e. The van der Waals surface area contributed by atoms with E-state index in [0.717, 1.165) is 22.1 Å².